The number of aromatic hydroxyl groups is 2. The molecule has 37 heavy (non-hydrogen) atoms. The Morgan fingerprint density at radius 3 is 2.41 bits per heavy atom. The molecule has 3 aliphatic rings. The number of ether oxygens (including phenoxy) is 3. The van der Waals surface area contributed by atoms with Gasteiger partial charge in [0.1, 0.15) is 23.0 Å². The van der Waals surface area contributed by atoms with E-state index in [2.05, 4.69) is 5.73 Å². The van der Waals surface area contributed by atoms with E-state index >= 15 is 0 Å². The monoisotopic (exact) mass is 511 g/mol. The molecular formula is C28H33NO8. The molecule has 1 saturated heterocycles. The minimum Gasteiger partial charge on any atom is -0.507 e. The normalized spacial score (nSPS) is 24.2. The molecule has 5 rings (SSSR count). The molecule has 2 aromatic rings. The molecule has 1 unspecified atom stereocenters. The van der Waals surface area contributed by atoms with Gasteiger partial charge in [-0.15, -0.1) is 0 Å². The number of hydrogen-bond acceptors (Lipinski definition) is 9. The lowest BCUT2D eigenvalue weighted by molar-refractivity contribution is -0.216. The van der Waals surface area contributed by atoms with Crippen molar-refractivity contribution in [3.05, 3.63) is 51.6 Å². The van der Waals surface area contributed by atoms with Gasteiger partial charge in [-0.25, -0.2) is 0 Å². The lowest BCUT2D eigenvalue weighted by Crippen LogP contribution is -2.33. The summed E-state index contributed by atoms with van der Waals surface area (Å²) in [5.74, 6) is -2.35. The van der Waals surface area contributed by atoms with Crippen molar-refractivity contribution < 1.29 is 38.8 Å². The summed E-state index contributed by atoms with van der Waals surface area (Å²) in [6.07, 6.45) is 1.55. The minimum atomic E-state index is -0.791. The second-order valence-electron chi connectivity index (χ2n) is 9.56. The Morgan fingerprint density at radius 1 is 1.05 bits per heavy atom. The maximum atomic E-state index is 13.6. The first-order chi connectivity index (χ1) is 17.7. The highest BCUT2D eigenvalue weighted by atomic mass is 16.7. The average Bonchev–Trinajstić information content (AvgIpc) is 2.89. The first-order valence-corrected chi connectivity index (χ1v) is 12.5. The number of carbonyl (C=O) groups is 3. The number of benzene rings is 2. The molecule has 9 heteroatoms. The third-order valence-corrected chi connectivity index (χ3v) is 7.36. The summed E-state index contributed by atoms with van der Waals surface area (Å²) in [5.41, 5.74) is 4.61. The predicted octanol–water partition coefficient (Wildman–Crippen LogP) is 3.58. The standard InChI is InChI=1S/C27H28O8.CH5N/c1-12-6-4-9-19(34-12)35-18-11-14(13(2)28)10-16-21(18)27(32)23-22(25(16)30)24(29)15-7-5-8-17(33-3)20(15)26(23)31;1-2/h5,7-8,12,14,18-19,30,32H,4,6,9-11H2,1-3H3;2H2,1H3/t12-,14?,18-,19-;/m0./s1. The number of methoxy groups -OCH3 is 1. The molecule has 0 spiro atoms. The Labute approximate surface area is 215 Å². The molecule has 0 bridgehead atoms. The molecule has 1 aliphatic heterocycles. The van der Waals surface area contributed by atoms with Crippen molar-refractivity contribution in [3.63, 3.8) is 0 Å². The van der Waals surface area contributed by atoms with E-state index in [0.717, 1.165) is 12.8 Å². The molecule has 4 atom stereocenters. The third kappa shape index (κ3) is 4.52. The zero-order valence-corrected chi connectivity index (χ0v) is 21.5. The fraction of sp³-hybridized carbons (Fsp3) is 0.464. The maximum Gasteiger partial charge on any atom is 0.202 e. The van der Waals surface area contributed by atoms with Crippen LogP contribution in [0.5, 0.6) is 17.2 Å². The van der Waals surface area contributed by atoms with Gasteiger partial charge in [-0.1, -0.05) is 12.1 Å². The van der Waals surface area contributed by atoms with E-state index in [1.54, 1.807) is 12.1 Å². The summed E-state index contributed by atoms with van der Waals surface area (Å²) in [5, 5.41) is 22.7. The zero-order chi connectivity index (χ0) is 27.0. The molecule has 9 nitrogen and oxygen atoms in total. The Morgan fingerprint density at radius 2 is 1.76 bits per heavy atom. The highest BCUT2D eigenvalue weighted by Crippen LogP contribution is 2.51. The van der Waals surface area contributed by atoms with E-state index in [9.17, 15) is 24.6 Å². The zero-order valence-electron chi connectivity index (χ0n) is 21.5. The van der Waals surface area contributed by atoms with Gasteiger partial charge in [0.05, 0.1) is 36.0 Å². The number of carbonyl (C=O) groups excluding carboxylic acids is 3. The number of ketones is 3. The van der Waals surface area contributed by atoms with E-state index in [4.69, 9.17) is 14.2 Å². The van der Waals surface area contributed by atoms with Crippen LogP contribution in [0.15, 0.2) is 18.2 Å². The highest BCUT2D eigenvalue weighted by molar-refractivity contribution is 6.31. The number of nitrogens with two attached hydrogens (primary N) is 1. The van der Waals surface area contributed by atoms with Crippen LogP contribution in [-0.2, 0) is 20.7 Å². The summed E-state index contributed by atoms with van der Waals surface area (Å²) >= 11 is 0. The second kappa shape index (κ2) is 10.6. The summed E-state index contributed by atoms with van der Waals surface area (Å²) in [6.45, 7) is 3.43. The van der Waals surface area contributed by atoms with Gasteiger partial charge in [-0.05, 0) is 59.1 Å². The van der Waals surface area contributed by atoms with Crippen LogP contribution in [0.4, 0.5) is 0 Å². The number of Topliss-reactive ketones (excluding diaryl/α,β-unsaturated/α-hetero) is 1. The van der Waals surface area contributed by atoms with Gasteiger partial charge in [0.15, 0.2) is 12.1 Å². The first kappa shape index (κ1) is 26.8. The van der Waals surface area contributed by atoms with Crippen LogP contribution in [0.3, 0.4) is 0 Å². The third-order valence-electron chi connectivity index (χ3n) is 7.36. The van der Waals surface area contributed by atoms with Crippen LogP contribution in [0.25, 0.3) is 0 Å². The molecule has 1 fully saturated rings. The van der Waals surface area contributed by atoms with Crippen LogP contribution in [0, 0.1) is 5.92 Å². The van der Waals surface area contributed by atoms with E-state index in [0.29, 0.717) is 6.42 Å². The summed E-state index contributed by atoms with van der Waals surface area (Å²) in [7, 11) is 2.89. The van der Waals surface area contributed by atoms with Crippen molar-refractivity contribution >= 4 is 17.3 Å². The molecule has 2 aliphatic carbocycles. The summed E-state index contributed by atoms with van der Waals surface area (Å²) in [4.78, 5) is 39.4. The molecule has 4 N–H and O–H groups in total. The fourth-order valence-electron chi connectivity index (χ4n) is 5.56. The Kier molecular flexibility index (Phi) is 7.68. The van der Waals surface area contributed by atoms with Gasteiger partial charge in [0, 0.05) is 22.6 Å². The van der Waals surface area contributed by atoms with Gasteiger partial charge in [-0.2, -0.15) is 0 Å². The predicted molar refractivity (Wildman–Crippen MR) is 134 cm³/mol. The van der Waals surface area contributed by atoms with E-state index in [1.165, 1.54) is 27.1 Å². The molecule has 1 heterocycles. The van der Waals surface area contributed by atoms with Crippen molar-refractivity contribution in [1.29, 1.82) is 0 Å². The van der Waals surface area contributed by atoms with Crippen LogP contribution >= 0.6 is 0 Å². The molecule has 2 aromatic carbocycles. The topological polar surface area (TPSA) is 145 Å². The lowest BCUT2D eigenvalue weighted by Gasteiger charge is -2.37. The molecular weight excluding hydrogens is 478 g/mol. The number of hydrogen-bond donors (Lipinski definition) is 3. The van der Waals surface area contributed by atoms with Gasteiger partial charge in [0.2, 0.25) is 5.78 Å². The van der Waals surface area contributed by atoms with Crippen molar-refractivity contribution in [1.82, 2.24) is 0 Å². The Bertz CT molecular complexity index is 1250. The van der Waals surface area contributed by atoms with E-state index < -0.39 is 41.4 Å². The molecule has 0 aromatic heterocycles. The number of rotatable bonds is 4. The highest BCUT2D eigenvalue weighted by Gasteiger charge is 2.44. The maximum absolute atomic E-state index is 13.6. The first-order valence-electron chi connectivity index (χ1n) is 12.5. The van der Waals surface area contributed by atoms with Gasteiger partial charge in [0.25, 0.3) is 0 Å². The average molecular weight is 512 g/mol. The summed E-state index contributed by atoms with van der Waals surface area (Å²) in [6, 6.07) is 4.64. The molecule has 0 radical (unpaired) electrons. The lowest BCUT2D eigenvalue weighted by atomic mass is 9.74. The van der Waals surface area contributed by atoms with E-state index in [-0.39, 0.29) is 63.9 Å². The van der Waals surface area contributed by atoms with Crippen LogP contribution in [0.1, 0.15) is 88.6 Å². The number of fused-ring (bicyclic) bond motifs is 3. The van der Waals surface area contributed by atoms with Crippen molar-refractivity contribution in [3.8, 4) is 17.2 Å². The van der Waals surface area contributed by atoms with Crippen LogP contribution < -0.4 is 10.5 Å². The second-order valence-corrected chi connectivity index (χ2v) is 9.56. The minimum absolute atomic E-state index is 0.00844. The molecule has 0 saturated carbocycles. The van der Waals surface area contributed by atoms with Crippen molar-refractivity contribution in [2.45, 2.75) is 64.4 Å². The Balaban J connectivity index is 0.00000156. The molecule has 198 valence electrons. The van der Waals surface area contributed by atoms with Gasteiger partial charge in [-0.3, -0.25) is 14.4 Å². The van der Waals surface area contributed by atoms with E-state index in [1.807, 2.05) is 6.92 Å². The largest absolute Gasteiger partial charge is 0.507 e. The smallest absolute Gasteiger partial charge is 0.202 e. The Hall–Kier alpha value is -3.27. The number of phenolic OH excluding ortho intramolecular Hbond substituents is 2. The van der Waals surface area contributed by atoms with Crippen LogP contribution in [-0.4, -0.2) is 54.1 Å². The van der Waals surface area contributed by atoms with Crippen molar-refractivity contribution in [2.75, 3.05) is 14.2 Å². The SMILES string of the molecule is CN.COc1cccc2c1C(=O)c1c(O)c3c(c(O)c1C2=O)CC(C(C)=O)C[C@@H]3O[C@H]1CCC[C@H](C)O1. The molecule has 0 amide bonds. The van der Waals surface area contributed by atoms with Crippen molar-refractivity contribution in [2.24, 2.45) is 11.7 Å². The quantitative estimate of drug-likeness (QED) is 0.447. The summed E-state index contributed by atoms with van der Waals surface area (Å²) < 4.78 is 17.5. The fourth-order valence-corrected chi connectivity index (χ4v) is 5.56. The van der Waals surface area contributed by atoms with Gasteiger partial charge < -0.3 is 30.2 Å². The number of phenols is 2. The van der Waals surface area contributed by atoms with Crippen LogP contribution in [0.2, 0.25) is 0 Å². The van der Waals surface area contributed by atoms with Gasteiger partial charge >= 0.3 is 0 Å².